The van der Waals surface area contributed by atoms with Crippen LogP contribution < -0.4 is 5.32 Å². The van der Waals surface area contributed by atoms with Gasteiger partial charge in [0.15, 0.2) is 17.2 Å². The molecule has 0 aliphatic carbocycles. The number of aryl methyl sites for hydroxylation is 1. The number of fused-ring (bicyclic) bond motifs is 1. The first-order chi connectivity index (χ1) is 10.7. The quantitative estimate of drug-likeness (QED) is 0.804. The predicted octanol–water partition coefficient (Wildman–Crippen LogP) is 3.25. The Morgan fingerprint density at radius 2 is 2.14 bits per heavy atom. The number of hydrogen-bond acceptors (Lipinski definition) is 3. The molecule has 5 heteroatoms. The molecule has 2 heterocycles. The second kappa shape index (κ2) is 5.97. The molecule has 0 aliphatic heterocycles. The second-order valence-corrected chi connectivity index (χ2v) is 5.00. The number of rotatable bonds is 4. The van der Waals surface area contributed by atoms with Gasteiger partial charge in [-0.25, -0.2) is 4.39 Å². The number of aromatic nitrogens is 1. The Bertz CT molecular complexity index is 812. The lowest BCUT2D eigenvalue weighted by atomic mass is 10.1. The molecule has 22 heavy (non-hydrogen) atoms. The summed E-state index contributed by atoms with van der Waals surface area (Å²) in [6, 6.07) is 10.3. The fraction of sp³-hybridized carbons (Fsp3) is 0.176. The van der Waals surface area contributed by atoms with Crippen LogP contribution in [-0.2, 0) is 6.42 Å². The Labute approximate surface area is 127 Å². The summed E-state index contributed by atoms with van der Waals surface area (Å²) in [5, 5.41) is 3.39. The Morgan fingerprint density at radius 1 is 1.27 bits per heavy atom. The number of carbonyl (C=O) groups excluding carboxylic acids is 1. The Kier molecular flexibility index (Phi) is 3.87. The van der Waals surface area contributed by atoms with Gasteiger partial charge in [0.05, 0.1) is 0 Å². The van der Waals surface area contributed by atoms with Crippen LogP contribution in [0.5, 0.6) is 0 Å². The van der Waals surface area contributed by atoms with Gasteiger partial charge in [-0.2, -0.15) is 0 Å². The minimum Gasteiger partial charge on any atom is -0.448 e. The van der Waals surface area contributed by atoms with Gasteiger partial charge in [-0.15, -0.1) is 0 Å². The lowest BCUT2D eigenvalue weighted by molar-refractivity contribution is 0.0927. The van der Waals surface area contributed by atoms with Crippen LogP contribution in [0.1, 0.15) is 21.8 Å². The number of hydrogen-bond donors (Lipinski definition) is 1. The normalized spacial score (nSPS) is 10.8. The number of nitrogens with zero attached hydrogens (tertiary/aromatic N) is 1. The molecule has 112 valence electrons. The summed E-state index contributed by atoms with van der Waals surface area (Å²) in [4.78, 5) is 16.4. The summed E-state index contributed by atoms with van der Waals surface area (Å²) in [6.07, 6.45) is 2.34. The number of benzene rings is 1. The van der Waals surface area contributed by atoms with Crippen molar-refractivity contribution in [3.05, 3.63) is 65.4 Å². The van der Waals surface area contributed by atoms with Crippen molar-refractivity contribution in [2.24, 2.45) is 0 Å². The summed E-state index contributed by atoms with van der Waals surface area (Å²) in [7, 11) is 0. The molecule has 0 bridgehead atoms. The number of para-hydroxylation sites is 1. The van der Waals surface area contributed by atoms with Crippen molar-refractivity contribution in [3.8, 4) is 0 Å². The van der Waals surface area contributed by atoms with Gasteiger partial charge in [0.1, 0.15) is 0 Å². The fourth-order valence-corrected chi connectivity index (χ4v) is 2.36. The van der Waals surface area contributed by atoms with E-state index in [9.17, 15) is 9.18 Å². The third-order valence-corrected chi connectivity index (χ3v) is 3.51. The maximum atomic E-state index is 13.7. The predicted molar refractivity (Wildman–Crippen MR) is 81.2 cm³/mol. The van der Waals surface area contributed by atoms with Crippen LogP contribution in [0.15, 0.2) is 47.0 Å². The Morgan fingerprint density at radius 3 is 2.86 bits per heavy atom. The summed E-state index contributed by atoms with van der Waals surface area (Å²) in [5.41, 5.74) is 1.66. The molecule has 0 saturated carbocycles. The molecule has 0 spiro atoms. The van der Waals surface area contributed by atoms with E-state index in [-0.39, 0.29) is 17.3 Å². The van der Waals surface area contributed by atoms with Crippen molar-refractivity contribution in [3.63, 3.8) is 0 Å². The van der Waals surface area contributed by atoms with Gasteiger partial charge < -0.3 is 9.73 Å². The molecule has 0 radical (unpaired) electrons. The summed E-state index contributed by atoms with van der Waals surface area (Å²) < 4.78 is 19.1. The third-order valence-electron chi connectivity index (χ3n) is 3.51. The highest BCUT2D eigenvalue weighted by Gasteiger charge is 2.19. The molecule has 3 rings (SSSR count). The number of halogens is 1. The summed E-state index contributed by atoms with van der Waals surface area (Å²) in [5.74, 6) is -0.654. The van der Waals surface area contributed by atoms with E-state index >= 15 is 0 Å². The molecule has 0 aliphatic rings. The second-order valence-electron chi connectivity index (χ2n) is 5.00. The lowest BCUT2D eigenvalue weighted by Crippen LogP contribution is -2.26. The van der Waals surface area contributed by atoms with E-state index in [0.717, 1.165) is 5.69 Å². The van der Waals surface area contributed by atoms with Crippen LogP contribution in [0.25, 0.3) is 11.0 Å². The van der Waals surface area contributed by atoms with Crippen LogP contribution in [0.4, 0.5) is 4.39 Å². The molecule has 3 aromatic rings. The number of amides is 1. The molecule has 0 unspecified atom stereocenters. The zero-order chi connectivity index (χ0) is 15.5. The topological polar surface area (TPSA) is 55.1 Å². The monoisotopic (exact) mass is 298 g/mol. The average molecular weight is 298 g/mol. The first-order valence-electron chi connectivity index (χ1n) is 7.02. The first kappa shape index (κ1) is 14.3. The smallest absolute Gasteiger partial charge is 0.287 e. The Hall–Kier alpha value is -2.69. The van der Waals surface area contributed by atoms with E-state index in [2.05, 4.69) is 10.3 Å². The highest BCUT2D eigenvalue weighted by molar-refractivity contribution is 5.98. The molecule has 4 nitrogen and oxygen atoms in total. The van der Waals surface area contributed by atoms with Gasteiger partial charge in [0, 0.05) is 35.8 Å². The van der Waals surface area contributed by atoms with Crippen molar-refractivity contribution >= 4 is 16.9 Å². The van der Waals surface area contributed by atoms with Crippen LogP contribution in [0.3, 0.4) is 0 Å². The van der Waals surface area contributed by atoms with Crippen molar-refractivity contribution in [2.75, 3.05) is 6.54 Å². The molecule has 1 amide bonds. The number of carbonyl (C=O) groups is 1. The zero-order valence-electron chi connectivity index (χ0n) is 12.1. The molecular formula is C17H15FN2O2. The van der Waals surface area contributed by atoms with E-state index in [1.807, 2.05) is 18.2 Å². The largest absolute Gasteiger partial charge is 0.448 e. The first-order valence-corrected chi connectivity index (χ1v) is 7.02. The molecular weight excluding hydrogens is 283 g/mol. The van der Waals surface area contributed by atoms with Crippen LogP contribution in [-0.4, -0.2) is 17.4 Å². The fourth-order valence-electron chi connectivity index (χ4n) is 2.36. The van der Waals surface area contributed by atoms with Gasteiger partial charge in [0.25, 0.3) is 5.91 Å². The SMILES string of the molecule is Cc1c(C(=O)NCCc2ccccn2)oc2c(F)cccc12. The maximum Gasteiger partial charge on any atom is 0.287 e. The lowest BCUT2D eigenvalue weighted by Gasteiger charge is -2.03. The average Bonchev–Trinajstić information content (AvgIpc) is 2.87. The molecule has 2 aromatic heterocycles. The summed E-state index contributed by atoms with van der Waals surface area (Å²) in [6.45, 7) is 2.19. The number of furan rings is 1. The van der Waals surface area contributed by atoms with Gasteiger partial charge in [-0.05, 0) is 25.1 Å². The van der Waals surface area contributed by atoms with Gasteiger partial charge in [0.2, 0.25) is 0 Å². The van der Waals surface area contributed by atoms with E-state index in [4.69, 9.17) is 4.42 Å². The van der Waals surface area contributed by atoms with Gasteiger partial charge in [-0.3, -0.25) is 9.78 Å². The van der Waals surface area contributed by atoms with Crippen LogP contribution in [0.2, 0.25) is 0 Å². The van der Waals surface area contributed by atoms with Crippen molar-refractivity contribution in [2.45, 2.75) is 13.3 Å². The third kappa shape index (κ3) is 2.70. The zero-order valence-corrected chi connectivity index (χ0v) is 12.1. The number of nitrogens with one attached hydrogen (secondary N) is 1. The van der Waals surface area contributed by atoms with Gasteiger partial charge >= 0.3 is 0 Å². The molecule has 1 N–H and O–H groups in total. The standard InChI is InChI=1S/C17H15FN2O2/c1-11-13-6-4-7-14(18)16(13)22-15(11)17(21)20-10-8-12-5-2-3-9-19-12/h2-7,9H,8,10H2,1H3,(H,20,21). The molecule has 1 aromatic carbocycles. The summed E-state index contributed by atoms with van der Waals surface area (Å²) >= 11 is 0. The van der Waals surface area contributed by atoms with E-state index < -0.39 is 5.82 Å². The van der Waals surface area contributed by atoms with E-state index in [0.29, 0.717) is 23.9 Å². The van der Waals surface area contributed by atoms with Crippen LogP contribution >= 0.6 is 0 Å². The van der Waals surface area contributed by atoms with Crippen molar-refractivity contribution in [1.82, 2.24) is 10.3 Å². The molecule has 0 saturated heterocycles. The highest BCUT2D eigenvalue weighted by atomic mass is 19.1. The minimum atomic E-state index is -0.465. The van der Waals surface area contributed by atoms with Crippen LogP contribution in [0, 0.1) is 12.7 Å². The number of pyridine rings is 1. The van der Waals surface area contributed by atoms with Gasteiger partial charge in [-0.1, -0.05) is 18.2 Å². The van der Waals surface area contributed by atoms with Crippen molar-refractivity contribution < 1.29 is 13.6 Å². The maximum absolute atomic E-state index is 13.7. The van der Waals surface area contributed by atoms with E-state index in [1.165, 1.54) is 6.07 Å². The van der Waals surface area contributed by atoms with E-state index in [1.54, 1.807) is 25.3 Å². The molecule has 0 atom stereocenters. The Balaban J connectivity index is 1.73. The minimum absolute atomic E-state index is 0.120. The van der Waals surface area contributed by atoms with Crippen molar-refractivity contribution in [1.29, 1.82) is 0 Å². The highest BCUT2D eigenvalue weighted by Crippen LogP contribution is 2.27. The molecule has 0 fully saturated rings.